The van der Waals surface area contributed by atoms with Crippen LogP contribution in [0.25, 0.3) is 0 Å². The van der Waals surface area contributed by atoms with Crippen molar-refractivity contribution in [2.24, 2.45) is 10.9 Å². The quantitative estimate of drug-likeness (QED) is 0.218. The molecule has 0 aromatic carbocycles. The number of ether oxygens (including phenoxy) is 1. The lowest BCUT2D eigenvalue weighted by Crippen LogP contribution is -2.48. The molecule has 1 heterocycles. The normalized spacial score (nSPS) is 17.6. The molecule has 3 N–H and O–H groups in total. The van der Waals surface area contributed by atoms with Gasteiger partial charge in [0.1, 0.15) is 5.60 Å². The van der Waals surface area contributed by atoms with Crippen molar-refractivity contribution in [3.63, 3.8) is 0 Å². The van der Waals surface area contributed by atoms with Gasteiger partial charge in [0.25, 0.3) is 0 Å². The smallest absolute Gasteiger partial charge is 0.407 e. The summed E-state index contributed by atoms with van der Waals surface area (Å²) in [4.78, 5) is 18.4. The highest BCUT2D eigenvalue weighted by atomic mass is 127. The van der Waals surface area contributed by atoms with Crippen molar-refractivity contribution in [1.29, 1.82) is 0 Å². The van der Waals surface area contributed by atoms with Crippen LogP contribution in [0, 0.1) is 5.92 Å². The van der Waals surface area contributed by atoms with Crippen molar-refractivity contribution in [2.75, 3.05) is 39.8 Å². The summed E-state index contributed by atoms with van der Waals surface area (Å²) < 4.78 is 5.20. The minimum Gasteiger partial charge on any atom is -0.444 e. The number of alkyl carbamates (subject to hydrolysis) is 1. The zero-order valence-electron chi connectivity index (χ0n) is 17.9. The number of likely N-dealkylation sites (tertiary alicyclic amines) is 1. The summed E-state index contributed by atoms with van der Waals surface area (Å²) in [5.41, 5.74) is -0.461. The molecular weight excluding hydrogens is 457 g/mol. The molecule has 7 nitrogen and oxygen atoms in total. The fourth-order valence-corrected chi connectivity index (χ4v) is 2.86. The van der Waals surface area contributed by atoms with Crippen molar-refractivity contribution < 1.29 is 9.53 Å². The van der Waals surface area contributed by atoms with Gasteiger partial charge in [0.05, 0.1) is 0 Å². The highest BCUT2D eigenvalue weighted by Gasteiger charge is 2.20. The Balaban J connectivity index is 0.00000676. The van der Waals surface area contributed by atoms with Crippen molar-refractivity contribution >= 4 is 36.0 Å². The maximum absolute atomic E-state index is 11.6. The van der Waals surface area contributed by atoms with E-state index in [4.69, 9.17) is 4.74 Å². The summed E-state index contributed by atoms with van der Waals surface area (Å²) in [6, 6.07) is 0.495. The molecule has 1 fully saturated rings. The summed E-state index contributed by atoms with van der Waals surface area (Å²) in [6.45, 7) is 14.7. The van der Waals surface area contributed by atoms with Gasteiger partial charge in [-0.15, -0.1) is 24.0 Å². The van der Waals surface area contributed by atoms with E-state index in [-0.39, 0.29) is 30.1 Å². The lowest BCUT2D eigenvalue weighted by molar-refractivity contribution is 0.0527. The van der Waals surface area contributed by atoms with Gasteiger partial charge in [0.15, 0.2) is 5.96 Å². The summed E-state index contributed by atoms with van der Waals surface area (Å²) in [5, 5.41) is 9.44. The summed E-state index contributed by atoms with van der Waals surface area (Å²) in [6.07, 6.45) is 3.02. The largest absolute Gasteiger partial charge is 0.444 e. The molecule has 1 rings (SSSR count). The SMILES string of the molecule is CN=C(NCCCNC(=O)OC(C)(C)C)NCC(C)N1CCC(C)CC1.I. The second-order valence-electron chi connectivity index (χ2n) is 8.23. The lowest BCUT2D eigenvalue weighted by atomic mass is 9.98. The number of carbonyl (C=O) groups excluding carboxylic acids is 1. The Morgan fingerprint density at radius 3 is 2.33 bits per heavy atom. The summed E-state index contributed by atoms with van der Waals surface area (Å²) in [5.74, 6) is 1.66. The highest BCUT2D eigenvalue weighted by molar-refractivity contribution is 14.0. The van der Waals surface area contributed by atoms with Crippen molar-refractivity contribution in [2.45, 2.75) is 65.5 Å². The molecule has 0 aromatic rings. The van der Waals surface area contributed by atoms with E-state index >= 15 is 0 Å². The van der Waals surface area contributed by atoms with Crippen LogP contribution in [-0.2, 0) is 4.74 Å². The molecule has 0 aromatic heterocycles. The predicted octanol–water partition coefficient (Wildman–Crippen LogP) is 2.80. The van der Waals surface area contributed by atoms with Gasteiger partial charge >= 0.3 is 6.09 Å². The van der Waals surface area contributed by atoms with E-state index in [1.807, 2.05) is 20.8 Å². The van der Waals surface area contributed by atoms with E-state index in [0.717, 1.165) is 31.4 Å². The second kappa shape index (κ2) is 13.4. The number of hydrogen-bond donors (Lipinski definition) is 3. The van der Waals surface area contributed by atoms with Gasteiger partial charge in [-0.2, -0.15) is 0 Å². The number of halogens is 1. The Morgan fingerprint density at radius 1 is 1.19 bits per heavy atom. The van der Waals surface area contributed by atoms with Crippen LogP contribution in [0.15, 0.2) is 4.99 Å². The molecule has 1 aliphatic rings. The average Bonchev–Trinajstić information content (AvgIpc) is 2.56. The molecular formula is C19H40IN5O2. The molecule has 1 aliphatic heterocycles. The van der Waals surface area contributed by atoms with Gasteiger partial charge in [0, 0.05) is 32.7 Å². The van der Waals surface area contributed by atoms with Gasteiger partial charge in [0.2, 0.25) is 0 Å². The molecule has 0 spiro atoms. The van der Waals surface area contributed by atoms with Crippen LogP contribution in [0.4, 0.5) is 4.79 Å². The summed E-state index contributed by atoms with van der Waals surface area (Å²) in [7, 11) is 1.78. The fourth-order valence-electron chi connectivity index (χ4n) is 2.86. The molecule has 1 saturated heterocycles. The van der Waals surface area contributed by atoms with Crippen molar-refractivity contribution in [3.8, 4) is 0 Å². The first kappa shape index (κ1) is 26.2. The molecule has 0 bridgehead atoms. The number of rotatable bonds is 7. The third-order valence-electron chi connectivity index (χ3n) is 4.54. The maximum atomic E-state index is 11.6. The van der Waals surface area contributed by atoms with Crippen LogP contribution in [0.5, 0.6) is 0 Å². The first-order valence-corrected chi connectivity index (χ1v) is 9.86. The molecule has 1 unspecified atom stereocenters. The first-order chi connectivity index (χ1) is 12.2. The van der Waals surface area contributed by atoms with Crippen molar-refractivity contribution in [1.82, 2.24) is 20.9 Å². The molecule has 0 aliphatic carbocycles. The summed E-state index contributed by atoms with van der Waals surface area (Å²) >= 11 is 0. The Kier molecular flexibility index (Phi) is 13.0. The molecule has 0 radical (unpaired) electrons. The van der Waals surface area contributed by atoms with Crippen LogP contribution in [-0.4, -0.2) is 68.4 Å². The molecule has 27 heavy (non-hydrogen) atoms. The van der Waals surface area contributed by atoms with E-state index in [9.17, 15) is 4.79 Å². The van der Waals surface area contributed by atoms with Crippen LogP contribution in [0.3, 0.4) is 0 Å². The van der Waals surface area contributed by atoms with Gasteiger partial charge in [-0.05, 0) is 66.0 Å². The van der Waals surface area contributed by atoms with Crippen LogP contribution >= 0.6 is 24.0 Å². The third kappa shape index (κ3) is 12.3. The number of carbonyl (C=O) groups is 1. The van der Waals surface area contributed by atoms with E-state index in [1.54, 1.807) is 7.05 Å². The zero-order valence-corrected chi connectivity index (χ0v) is 20.3. The minimum absolute atomic E-state index is 0. The molecule has 8 heteroatoms. The molecule has 0 saturated carbocycles. The number of nitrogens with one attached hydrogen (secondary N) is 3. The number of piperidine rings is 1. The number of guanidine groups is 1. The van der Waals surface area contributed by atoms with Crippen LogP contribution < -0.4 is 16.0 Å². The average molecular weight is 497 g/mol. The van der Waals surface area contributed by atoms with Crippen LogP contribution in [0.1, 0.15) is 53.9 Å². The molecule has 1 amide bonds. The fraction of sp³-hybridized carbons (Fsp3) is 0.895. The number of nitrogens with zero attached hydrogens (tertiary/aromatic N) is 2. The van der Waals surface area contributed by atoms with Crippen molar-refractivity contribution in [3.05, 3.63) is 0 Å². The van der Waals surface area contributed by atoms with E-state index in [1.165, 1.54) is 25.9 Å². The Hall–Kier alpha value is -0.770. The standard InChI is InChI=1S/C19H39N5O2.HI/c1-15-8-12-24(13-9-15)16(2)14-23-17(20-6)21-10-7-11-22-18(25)26-19(3,4)5;/h15-16H,7-14H2,1-6H3,(H,22,25)(H2,20,21,23);1H. The van der Waals surface area contributed by atoms with Gasteiger partial charge in [-0.1, -0.05) is 6.92 Å². The number of amides is 1. The topological polar surface area (TPSA) is 78.0 Å². The predicted molar refractivity (Wildman–Crippen MR) is 123 cm³/mol. The third-order valence-corrected chi connectivity index (χ3v) is 4.54. The Morgan fingerprint density at radius 2 is 1.78 bits per heavy atom. The second-order valence-corrected chi connectivity index (χ2v) is 8.23. The highest BCUT2D eigenvalue weighted by Crippen LogP contribution is 2.17. The minimum atomic E-state index is -0.461. The monoisotopic (exact) mass is 497 g/mol. The number of aliphatic imine (C=N–C) groups is 1. The Labute approximate surface area is 182 Å². The van der Waals surface area contributed by atoms with E-state index in [0.29, 0.717) is 12.6 Å². The van der Waals surface area contributed by atoms with E-state index in [2.05, 4.69) is 39.7 Å². The number of hydrogen-bond acceptors (Lipinski definition) is 4. The van der Waals surface area contributed by atoms with E-state index < -0.39 is 5.60 Å². The zero-order chi connectivity index (χ0) is 19.6. The maximum Gasteiger partial charge on any atom is 0.407 e. The molecule has 160 valence electrons. The molecule has 1 atom stereocenters. The first-order valence-electron chi connectivity index (χ1n) is 9.86. The van der Waals surface area contributed by atoms with Gasteiger partial charge in [-0.25, -0.2) is 4.79 Å². The lowest BCUT2D eigenvalue weighted by Gasteiger charge is -2.35. The van der Waals surface area contributed by atoms with Gasteiger partial charge < -0.3 is 20.7 Å². The van der Waals surface area contributed by atoms with Gasteiger partial charge in [-0.3, -0.25) is 9.89 Å². The Bertz CT molecular complexity index is 446. The van der Waals surface area contributed by atoms with Crippen LogP contribution in [0.2, 0.25) is 0 Å².